The molecule has 0 aliphatic carbocycles. The van der Waals surface area contributed by atoms with E-state index in [9.17, 15) is 0 Å². The average Bonchev–Trinajstić information content (AvgIpc) is 0.899. The normalized spacial score (nSPS) is 11.9. The van der Waals surface area contributed by atoms with E-state index in [0.29, 0.717) is 0 Å². The predicted molar refractivity (Wildman–Crippen MR) is 420 cm³/mol. The molecular weight excluding hydrogens is 1220 g/mol. The standard InChI is InChI=1S/3C30H48N.H3O4P/c3*1-4-7-22-31(23-8-5-2,24-9-6-3)25-16-21-30(26-28-17-12-10-13-18-28)27-29-19-14-11-15-20-29;1-5(2,3)4/h3*10-15,17-20,30H,4-9,16,21-27H2,1-3H3;(H3,1,2,3,4)/q3*+1;/p-3. The van der Waals surface area contributed by atoms with Gasteiger partial charge in [0, 0.05) is 0 Å². The van der Waals surface area contributed by atoms with Crippen LogP contribution in [0.15, 0.2) is 182 Å². The van der Waals surface area contributed by atoms with Crippen LogP contribution in [-0.4, -0.2) is 92.0 Å². The minimum absolute atomic E-state index is 0.732. The number of nitrogens with zero attached hydrogens (tertiary/aromatic N) is 3. The van der Waals surface area contributed by atoms with Crippen molar-refractivity contribution in [2.75, 3.05) is 78.5 Å². The van der Waals surface area contributed by atoms with Gasteiger partial charge in [-0.2, -0.15) is 7.82 Å². The second-order valence-corrected chi connectivity index (χ2v) is 30.4. The number of phosphoric acid groups is 1. The minimum Gasteiger partial charge on any atom is -0.822 e. The van der Waals surface area contributed by atoms with E-state index in [1.165, 1.54) is 318 Å². The molecule has 0 bridgehead atoms. The molecule has 0 aromatic heterocycles. The zero-order valence-corrected chi connectivity index (χ0v) is 65.1. The quantitative estimate of drug-likeness (QED) is 0.0281. The van der Waals surface area contributed by atoms with Crippen LogP contribution in [0.25, 0.3) is 0 Å². The van der Waals surface area contributed by atoms with Gasteiger partial charge in [-0.3, -0.25) is 0 Å². The van der Waals surface area contributed by atoms with Crippen molar-refractivity contribution in [1.82, 2.24) is 0 Å². The molecule has 8 heteroatoms. The van der Waals surface area contributed by atoms with Crippen molar-refractivity contribution in [2.24, 2.45) is 17.8 Å². The van der Waals surface area contributed by atoms with Gasteiger partial charge in [-0.15, -0.1) is 0 Å². The van der Waals surface area contributed by atoms with Gasteiger partial charge in [0.2, 0.25) is 0 Å². The zero-order chi connectivity index (χ0) is 71.1. The monoisotopic (exact) mass is 1360 g/mol. The summed E-state index contributed by atoms with van der Waals surface area (Å²) in [5.41, 5.74) is 8.96. The van der Waals surface area contributed by atoms with E-state index in [4.69, 9.17) is 19.2 Å². The zero-order valence-electron chi connectivity index (χ0n) is 64.2. The fourth-order valence-electron chi connectivity index (χ4n) is 15.1. The van der Waals surface area contributed by atoms with Gasteiger partial charge in [-0.25, -0.2) is 0 Å². The molecule has 7 nitrogen and oxygen atoms in total. The van der Waals surface area contributed by atoms with Crippen LogP contribution in [0, 0.1) is 17.8 Å². The molecule has 548 valence electrons. The van der Waals surface area contributed by atoms with Crippen LogP contribution in [0.3, 0.4) is 0 Å². The lowest BCUT2D eigenvalue weighted by Crippen LogP contribution is -2.50. The summed E-state index contributed by atoms with van der Waals surface area (Å²) in [7, 11) is -5.39. The molecular formula is C90H144N3O4P. The molecule has 0 N–H and O–H groups in total. The number of unbranched alkanes of at least 4 members (excludes halogenated alkanes) is 9. The van der Waals surface area contributed by atoms with Crippen molar-refractivity contribution in [3.8, 4) is 0 Å². The van der Waals surface area contributed by atoms with E-state index >= 15 is 0 Å². The van der Waals surface area contributed by atoms with E-state index in [1.54, 1.807) is 0 Å². The van der Waals surface area contributed by atoms with Gasteiger partial charge in [-0.1, -0.05) is 302 Å². The molecule has 0 radical (unpaired) electrons. The van der Waals surface area contributed by atoms with Crippen LogP contribution < -0.4 is 14.7 Å². The Labute approximate surface area is 603 Å². The maximum atomic E-state index is 8.55. The maximum Gasteiger partial charge on any atom is 0.0786 e. The summed E-state index contributed by atoms with van der Waals surface area (Å²) in [6.07, 6.45) is 39.6. The van der Waals surface area contributed by atoms with Gasteiger partial charge < -0.3 is 32.7 Å². The third-order valence-electron chi connectivity index (χ3n) is 20.8. The van der Waals surface area contributed by atoms with Gasteiger partial charge in [0.15, 0.2) is 0 Å². The largest absolute Gasteiger partial charge is 0.822 e. The molecule has 0 aliphatic rings. The van der Waals surface area contributed by atoms with Crippen molar-refractivity contribution in [3.05, 3.63) is 215 Å². The highest BCUT2D eigenvalue weighted by molar-refractivity contribution is 7.40. The molecule has 0 unspecified atom stereocenters. The lowest BCUT2D eigenvalue weighted by molar-refractivity contribution is -0.929. The Bertz CT molecular complexity index is 2280. The molecule has 0 atom stereocenters. The summed E-state index contributed by atoms with van der Waals surface area (Å²) in [6.45, 7) is 37.8. The maximum absolute atomic E-state index is 8.55. The molecule has 6 rings (SSSR count). The van der Waals surface area contributed by atoms with Crippen LogP contribution in [-0.2, 0) is 43.1 Å². The number of hydrogen-bond donors (Lipinski definition) is 0. The molecule has 6 aromatic carbocycles. The first-order chi connectivity index (χ1) is 47.6. The fourth-order valence-corrected chi connectivity index (χ4v) is 15.1. The Kier molecular flexibility index (Phi) is 49.1. The molecule has 0 saturated heterocycles. The number of rotatable bonds is 51. The first-order valence-corrected chi connectivity index (χ1v) is 41.6. The first-order valence-electron chi connectivity index (χ1n) is 40.1. The predicted octanol–water partition coefficient (Wildman–Crippen LogP) is 21.4. The molecule has 6 aromatic rings. The van der Waals surface area contributed by atoms with Crippen LogP contribution in [0.5, 0.6) is 0 Å². The van der Waals surface area contributed by atoms with Crippen molar-refractivity contribution in [1.29, 1.82) is 0 Å². The Morgan fingerprint density at radius 3 is 0.480 bits per heavy atom. The van der Waals surface area contributed by atoms with Gasteiger partial charge in [0.1, 0.15) is 0 Å². The fraction of sp³-hybridized carbons (Fsp3) is 0.600. The van der Waals surface area contributed by atoms with E-state index in [1.807, 2.05) is 0 Å². The highest BCUT2D eigenvalue weighted by Crippen LogP contribution is 2.27. The van der Waals surface area contributed by atoms with Crippen molar-refractivity contribution in [3.63, 3.8) is 0 Å². The van der Waals surface area contributed by atoms with E-state index in [0.717, 1.165) is 17.8 Å². The topological polar surface area (TPSA) is 86.2 Å². The highest BCUT2D eigenvalue weighted by atomic mass is 31.2. The summed E-state index contributed by atoms with van der Waals surface area (Å²) in [5.74, 6) is 2.20. The van der Waals surface area contributed by atoms with Crippen LogP contribution >= 0.6 is 7.82 Å². The van der Waals surface area contributed by atoms with Crippen LogP contribution in [0.1, 0.15) is 250 Å². The lowest BCUT2D eigenvalue weighted by atomic mass is 9.88. The Morgan fingerprint density at radius 1 is 0.235 bits per heavy atom. The second kappa shape index (κ2) is 55.0. The average molecular weight is 1360 g/mol. The van der Waals surface area contributed by atoms with Crippen LogP contribution in [0.2, 0.25) is 0 Å². The summed E-state index contributed by atoms with van der Waals surface area (Å²) in [6, 6.07) is 66.8. The van der Waals surface area contributed by atoms with Gasteiger partial charge in [-0.05, 0) is 186 Å². The molecule has 0 fully saturated rings. The van der Waals surface area contributed by atoms with E-state index < -0.39 is 7.82 Å². The molecule has 0 heterocycles. The third-order valence-corrected chi connectivity index (χ3v) is 20.8. The summed E-state index contributed by atoms with van der Waals surface area (Å²) < 4.78 is 12.7. The van der Waals surface area contributed by atoms with Gasteiger partial charge in [0.25, 0.3) is 0 Å². The molecule has 98 heavy (non-hydrogen) atoms. The molecule has 0 spiro atoms. The molecule has 0 saturated carbocycles. The highest BCUT2D eigenvalue weighted by Gasteiger charge is 2.29. The number of quaternary nitrogens is 3. The van der Waals surface area contributed by atoms with Crippen molar-refractivity contribution in [2.45, 2.75) is 255 Å². The van der Waals surface area contributed by atoms with Gasteiger partial charge >= 0.3 is 0 Å². The van der Waals surface area contributed by atoms with Crippen molar-refractivity contribution >= 4 is 7.82 Å². The lowest BCUT2D eigenvalue weighted by Gasteiger charge is -2.39. The summed E-state index contributed by atoms with van der Waals surface area (Å²) >= 11 is 0. The van der Waals surface area contributed by atoms with Crippen LogP contribution in [0.4, 0.5) is 0 Å². The molecule has 0 amide bonds. The van der Waals surface area contributed by atoms with Gasteiger partial charge in [0.05, 0.1) is 78.5 Å². The summed E-state index contributed by atoms with van der Waals surface area (Å²) in [5, 5.41) is 0. The Balaban J connectivity index is 0.000000369. The van der Waals surface area contributed by atoms with E-state index in [-0.39, 0.29) is 0 Å². The third kappa shape index (κ3) is 41.9. The Morgan fingerprint density at radius 2 is 0.357 bits per heavy atom. The Hall–Kier alpha value is -4.69. The number of hydrogen-bond acceptors (Lipinski definition) is 4. The van der Waals surface area contributed by atoms with Crippen molar-refractivity contribution < 1.29 is 32.7 Å². The smallest absolute Gasteiger partial charge is 0.0786 e. The minimum atomic E-state index is -5.39. The molecule has 0 aliphatic heterocycles. The van der Waals surface area contributed by atoms with E-state index in [2.05, 4.69) is 244 Å². The SMILES string of the molecule is CCCC[N+](CCCC)(CCCC)CCCC(Cc1ccccc1)Cc1ccccc1.CCCC[N+](CCCC)(CCCC)CCCC(Cc1ccccc1)Cc1ccccc1.CCCC[N+](CCCC)(CCCC)CCCC(Cc1ccccc1)Cc1ccccc1.O=P([O-])([O-])[O-]. The number of benzene rings is 6. The first kappa shape index (κ1) is 87.5. The second-order valence-electron chi connectivity index (χ2n) is 29.5. The summed E-state index contributed by atoms with van der Waals surface area (Å²) in [4.78, 5) is 25.6.